The summed E-state index contributed by atoms with van der Waals surface area (Å²) in [5.41, 5.74) is 0.199. The van der Waals surface area contributed by atoms with Crippen LogP contribution in [0.2, 0.25) is 0 Å². The number of esters is 2. The van der Waals surface area contributed by atoms with Crippen molar-refractivity contribution in [2.45, 2.75) is 54.3 Å². The molecule has 3 aliphatic rings. The molecule has 2 bridgehead atoms. The van der Waals surface area contributed by atoms with Crippen molar-refractivity contribution >= 4 is 33.7 Å². The summed E-state index contributed by atoms with van der Waals surface area (Å²) < 4.78 is 36.4. The van der Waals surface area contributed by atoms with E-state index in [1.165, 1.54) is 25.2 Å². The summed E-state index contributed by atoms with van der Waals surface area (Å²) >= 11 is 1.58. The minimum atomic E-state index is -3.31. The lowest BCUT2D eigenvalue weighted by Crippen LogP contribution is -2.47. The van der Waals surface area contributed by atoms with Gasteiger partial charge in [-0.15, -0.1) is 11.8 Å². The van der Waals surface area contributed by atoms with Gasteiger partial charge in [-0.2, -0.15) is 4.31 Å². The van der Waals surface area contributed by atoms with E-state index in [2.05, 4.69) is 6.58 Å². The smallest absolute Gasteiger partial charge is 0.347 e. The van der Waals surface area contributed by atoms with E-state index in [1.54, 1.807) is 11.8 Å². The fourth-order valence-electron chi connectivity index (χ4n) is 3.40. The minimum Gasteiger partial charge on any atom is -0.457 e. The SMILES string of the molecule is C=C(C)C(=O)OC(C)C(=O)OC1C2CC3C(S2)C1N(C)S3(=O)=O. The van der Waals surface area contributed by atoms with Gasteiger partial charge in [-0.1, -0.05) is 6.58 Å². The number of nitrogens with zero attached hydrogens (tertiary/aromatic N) is 1. The summed E-state index contributed by atoms with van der Waals surface area (Å²) in [5, 5.41) is -0.454. The molecule has 6 unspecified atom stereocenters. The van der Waals surface area contributed by atoms with Crippen LogP contribution in [0.5, 0.6) is 0 Å². The molecule has 0 aliphatic carbocycles. The second-order valence-corrected chi connectivity index (χ2v) is 9.83. The summed E-state index contributed by atoms with van der Waals surface area (Å²) in [7, 11) is -1.77. The van der Waals surface area contributed by atoms with E-state index in [0.29, 0.717) is 6.42 Å². The average Bonchev–Trinajstić information content (AvgIpc) is 3.07. The number of hydrogen-bond donors (Lipinski definition) is 0. The molecule has 3 rings (SSSR count). The zero-order chi connectivity index (χ0) is 17.1. The number of thioether (sulfide) groups is 1. The number of likely N-dealkylation sites (N-methyl/N-ethyl adjacent to an activating group) is 1. The first-order chi connectivity index (χ1) is 10.6. The number of fused-ring (bicyclic) bond motifs is 1. The number of carbonyl (C=O) groups is 2. The van der Waals surface area contributed by atoms with Gasteiger partial charge in [0.15, 0.2) is 6.10 Å². The van der Waals surface area contributed by atoms with E-state index in [0.717, 1.165) is 0 Å². The highest BCUT2D eigenvalue weighted by molar-refractivity contribution is 8.03. The van der Waals surface area contributed by atoms with Crippen LogP contribution >= 0.6 is 11.8 Å². The van der Waals surface area contributed by atoms with Crippen LogP contribution in [0.25, 0.3) is 0 Å². The summed E-state index contributed by atoms with van der Waals surface area (Å²) in [6.07, 6.45) is -1.06. The topological polar surface area (TPSA) is 90.0 Å². The normalized spacial score (nSPS) is 38.3. The van der Waals surface area contributed by atoms with Crippen molar-refractivity contribution in [1.82, 2.24) is 4.31 Å². The third-order valence-corrected chi connectivity index (χ3v) is 8.82. The van der Waals surface area contributed by atoms with Crippen LogP contribution in [0.3, 0.4) is 0 Å². The third kappa shape index (κ3) is 2.49. The molecular weight excluding hydrogens is 342 g/mol. The van der Waals surface area contributed by atoms with E-state index in [-0.39, 0.29) is 27.4 Å². The average molecular weight is 361 g/mol. The Morgan fingerprint density at radius 3 is 2.65 bits per heavy atom. The Kier molecular flexibility index (Phi) is 4.01. The number of sulfonamides is 1. The second kappa shape index (κ2) is 5.49. The van der Waals surface area contributed by atoms with Gasteiger partial charge in [0.2, 0.25) is 10.0 Å². The Morgan fingerprint density at radius 1 is 1.39 bits per heavy atom. The Morgan fingerprint density at radius 2 is 2.04 bits per heavy atom. The van der Waals surface area contributed by atoms with Crippen LogP contribution in [0.1, 0.15) is 20.3 Å². The monoisotopic (exact) mass is 361 g/mol. The molecular formula is C14H19NO6S2. The summed E-state index contributed by atoms with van der Waals surface area (Å²) in [5.74, 6) is -1.32. The largest absolute Gasteiger partial charge is 0.457 e. The van der Waals surface area contributed by atoms with Gasteiger partial charge in [-0.3, -0.25) is 0 Å². The maximum absolute atomic E-state index is 12.3. The Bertz CT molecular complexity index is 675. The number of rotatable bonds is 4. The third-order valence-electron chi connectivity index (χ3n) is 4.62. The van der Waals surface area contributed by atoms with Crippen LogP contribution in [-0.2, 0) is 29.1 Å². The van der Waals surface area contributed by atoms with Crippen molar-refractivity contribution < 1.29 is 27.5 Å². The van der Waals surface area contributed by atoms with Crippen molar-refractivity contribution in [3.63, 3.8) is 0 Å². The maximum Gasteiger partial charge on any atom is 0.347 e. The van der Waals surface area contributed by atoms with Gasteiger partial charge >= 0.3 is 11.9 Å². The molecule has 7 nitrogen and oxygen atoms in total. The van der Waals surface area contributed by atoms with Crippen molar-refractivity contribution in [2.24, 2.45) is 0 Å². The molecule has 3 saturated heterocycles. The lowest BCUT2D eigenvalue weighted by molar-refractivity contribution is -0.169. The fraction of sp³-hybridized carbons (Fsp3) is 0.714. The predicted octanol–water partition coefficient (Wildman–Crippen LogP) is 0.306. The molecule has 0 N–H and O–H groups in total. The Labute approximate surface area is 139 Å². The molecule has 128 valence electrons. The van der Waals surface area contributed by atoms with E-state index in [4.69, 9.17) is 9.47 Å². The Hall–Kier alpha value is -1.06. The maximum atomic E-state index is 12.3. The number of carbonyl (C=O) groups excluding carboxylic acids is 2. The van der Waals surface area contributed by atoms with Gasteiger partial charge in [-0.25, -0.2) is 18.0 Å². The van der Waals surface area contributed by atoms with Gasteiger partial charge < -0.3 is 9.47 Å². The molecule has 0 radical (unpaired) electrons. The minimum absolute atomic E-state index is 0.0253. The van der Waals surface area contributed by atoms with Crippen molar-refractivity contribution in [1.29, 1.82) is 0 Å². The second-order valence-electron chi connectivity index (χ2n) is 6.19. The molecule has 3 aliphatic heterocycles. The molecule has 0 aromatic rings. The van der Waals surface area contributed by atoms with Crippen molar-refractivity contribution in [3.8, 4) is 0 Å². The van der Waals surface area contributed by atoms with E-state index < -0.39 is 34.2 Å². The number of hydrogen-bond acceptors (Lipinski definition) is 7. The van der Waals surface area contributed by atoms with Gasteiger partial charge in [-0.05, 0) is 20.3 Å². The fourth-order valence-corrected chi connectivity index (χ4v) is 8.06. The molecule has 0 amide bonds. The van der Waals surface area contributed by atoms with Gasteiger partial charge in [0.1, 0.15) is 6.10 Å². The lowest BCUT2D eigenvalue weighted by Gasteiger charge is -2.28. The van der Waals surface area contributed by atoms with Crippen LogP contribution < -0.4 is 0 Å². The Balaban J connectivity index is 1.69. The van der Waals surface area contributed by atoms with Crippen LogP contribution in [0.15, 0.2) is 12.2 Å². The highest BCUT2D eigenvalue weighted by Gasteiger charge is 2.67. The zero-order valence-corrected chi connectivity index (χ0v) is 14.7. The first-order valence-corrected chi connectivity index (χ1v) is 9.78. The first-order valence-electron chi connectivity index (χ1n) is 7.34. The van der Waals surface area contributed by atoms with Crippen LogP contribution in [0.4, 0.5) is 0 Å². The van der Waals surface area contributed by atoms with E-state index >= 15 is 0 Å². The quantitative estimate of drug-likeness (QED) is 0.526. The highest BCUT2D eigenvalue weighted by atomic mass is 32.2. The van der Waals surface area contributed by atoms with Crippen molar-refractivity contribution in [2.75, 3.05) is 7.05 Å². The molecule has 0 saturated carbocycles. The molecule has 3 fully saturated rings. The molecule has 9 heteroatoms. The lowest BCUT2D eigenvalue weighted by atomic mass is 9.92. The molecule has 3 heterocycles. The van der Waals surface area contributed by atoms with Crippen LogP contribution in [0, 0.1) is 0 Å². The molecule has 0 spiro atoms. The summed E-state index contributed by atoms with van der Waals surface area (Å²) in [6, 6.07) is -0.332. The summed E-state index contributed by atoms with van der Waals surface area (Å²) in [4.78, 5) is 23.6. The van der Waals surface area contributed by atoms with Crippen LogP contribution in [-0.4, -0.2) is 65.7 Å². The molecule has 0 aromatic heterocycles. The van der Waals surface area contributed by atoms with Crippen molar-refractivity contribution in [3.05, 3.63) is 12.2 Å². The molecule has 6 atom stereocenters. The number of ether oxygens (including phenoxy) is 2. The molecule has 23 heavy (non-hydrogen) atoms. The summed E-state index contributed by atoms with van der Waals surface area (Å²) in [6.45, 7) is 6.38. The zero-order valence-electron chi connectivity index (χ0n) is 13.1. The van der Waals surface area contributed by atoms with Gasteiger partial charge in [0.05, 0.1) is 11.3 Å². The van der Waals surface area contributed by atoms with E-state index in [1.807, 2.05) is 0 Å². The van der Waals surface area contributed by atoms with E-state index in [9.17, 15) is 18.0 Å². The van der Waals surface area contributed by atoms with Gasteiger partial charge in [0.25, 0.3) is 0 Å². The first kappa shape index (κ1) is 16.8. The van der Waals surface area contributed by atoms with Gasteiger partial charge in [0, 0.05) is 23.1 Å². The highest BCUT2D eigenvalue weighted by Crippen LogP contribution is 2.56. The standard InChI is InChI=1S/C14H19NO6S2/c1-6(2)13(16)20-7(3)14(17)21-11-8-5-9-12(22-8)10(11)15(4)23(9,18)19/h7-12H,1,5H2,2-4H3. The predicted molar refractivity (Wildman–Crippen MR) is 84.3 cm³/mol. The molecule has 0 aromatic carbocycles.